The van der Waals surface area contributed by atoms with Crippen molar-refractivity contribution in [1.29, 1.82) is 0 Å². The Labute approximate surface area is 180 Å². The minimum absolute atomic E-state index is 0. The summed E-state index contributed by atoms with van der Waals surface area (Å²) >= 11 is 0. The van der Waals surface area contributed by atoms with Crippen LogP contribution >= 0.6 is 0 Å². The van der Waals surface area contributed by atoms with E-state index >= 15 is 0 Å². The molecule has 2 aliphatic heterocycles. The minimum Gasteiger partial charge on any atom is -0.323 e. The van der Waals surface area contributed by atoms with Crippen molar-refractivity contribution in [2.75, 3.05) is 14.1 Å². The second kappa shape index (κ2) is 9.04. The number of likely N-dealkylation sites (tertiary alicyclic amines) is 2. The number of Topliss-reactive ketones (excluding diaryl/α,β-unsaturated/α-hetero) is 2. The fraction of sp³-hybridized carbons (Fsp3) is 0.850. The second-order valence-corrected chi connectivity index (χ2v) is 8.50. The maximum Gasteiger partial charge on any atom is 0.149 e. The van der Waals surface area contributed by atoms with Crippen LogP contribution in [-0.2, 0) is 42.3 Å². The zero-order valence-electron chi connectivity index (χ0n) is 17.9. The first-order valence-corrected chi connectivity index (χ1v) is 9.09. The molecule has 2 fully saturated rings. The smallest absolute Gasteiger partial charge is 0.149 e. The third-order valence-corrected chi connectivity index (χ3v) is 7.14. The van der Waals surface area contributed by atoms with Crippen molar-refractivity contribution in [3.05, 3.63) is 5.92 Å². The average molecular weight is 426 g/mol. The van der Waals surface area contributed by atoms with Crippen LogP contribution in [0.4, 0.5) is 0 Å². The van der Waals surface area contributed by atoms with Gasteiger partial charge in [0, 0.05) is 44.3 Å². The molecule has 5 heteroatoms. The SMILES string of the molecule is CC(=O)C1(C)CC(C)C(C)N1C.CC(=O)C1(C)C[C-](C)C(C)N1C.[Y]. The average Bonchev–Trinajstić information content (AvgIpc) is 2.82. The van der Waals surface area contributed by atoms with Crippen molar-refractivity contribution in [3.63, 3.8) is 0 Å². The summed E-state index contributed by atoms with van der Waals surface area (Å²) in [7, 11) is 4.08. The topological polar surface area (TPSA) is 40.6 Å². The Morgan fingerprint density at radius 1 is 0.960 bits per heavy atom. The van der Waals surface area contributed by atoms with Crippen LogP contribution in [0.3, 0.4) is 0 Å². The molecule has 1 radical (unpaired) electrons. The molecule has 143 valence electrons. The van der Waals surface area contributed by atoms with Crippen LogP contribution in [0.25, 0.3) is 0 Å². The van der Waals surface area contributed by atoms with Crippen molar-refractivity contribution < 1.29 is 42.3 Å². The largest absolute Gasteiger partial charge is 0.323 e. The number of hydrogen-bond acceptors (Lipinski definition) is 4. The Bertz CT molecular complexity index is 454. The predicted octanol–water partition coefficient (Wildman–Crippen LogP) is 3.34. The summed E-state index contributed by atoms with van der Waals surface area (Å²) in [5, 5.41) is 0. The van der Waals surface area contributed by atoms with Crippen LogP contribution in [0.1, 0.15) is 68.2 Å². The summed E-state index contributed by atoms with van der Waals surface area (Å²) in [4.78, 5) is 27.2. The Balaban J connectivity index is 0.000000443. The summed E-state index contributed by atoms with van der Waals surface area (Å²) in [5.41, 5.74) is -0.456. The van der Waals surface area contributed by atoms with Gasteiger partial charge in [-0.1, -0.05) is 13.8 Å². The summed E-state index contributed by atoms with van der Waals surface area (Å²) in [6, 6.07) is 0.970. The summed E-state index contributed by atoms with van der Waals surface area (Å²) in [5.74, 6) is 2.61. The van der Waals surface area contributed by atoms with Gasteiger partial charge in [-0.3, -0.25) is 20.4 Å². The van der Waals surface area contributed by atoms with E-state index in [4.69, 9.17) is 0 Å². The molecule has 0 aliphatic carbocycles. The molecule has 2 saturated heterocycles. The van der Waals surface area contributed by atoms with Gasteiger partial charge in [-0.25, -0.2) is 0 Å². The van der Waals surface area contributed by atoms with Gasteiger partial charge in [0.15, 0.2) is 0 Å². The minimum atomic E-state index is -0.247. The number of ketones is 2. The van der Waals surface area contributed by atoms with E-state index in [-0.39, 0.29) is 49.6 Å². The zero-order chi connectivity index (χ0) is 19.0. The molecule has 2 aliphatic rings. The molecule has 0 N–H and O–H groups in total. The van der Waals surface area contributed by atoms with E-state index in [0.29, 0.717) is 23.8 Å². The van der Waals surface area contributed by atoms with Gasteiger partial charge in [0.25, 0.3) is 0 Å². The quantitative estimate of drug-likeness (QED) is 0.635. The maximum atomic E-state index is 11.4. The summed E-state index contributed by atoms with van der Waals surface area (Å²) < 4.78 is 0. The van der Waals surface area contributed by atoms with Crippen molar-refractivity contribution >= 4 is 11.6 Å². The number of carbonyl (C=O) groups excluding carboxylic acids is 2. The maximum absolute atomic E-state index is 11.4. The van der Waals surface area contributed by atoms with E-state index in [1.807, 2.05) is 14.0 Å². The van der Waals surface area contributed by atoms with Crippen LogP contribution in [0.2, 0.25) is 0 Å². The van der Waals surface area contributed by atoms with Gasteiger partial charge in [-0.2, -0.15) is 13.3 Å². The molecule has 0 bridgehead atoms. The fourth-order valence-electron chi connectivity index (χ4n) is 4.11. The monoisotopic (exact) mass is 426 g/mol. The third kappa shape index (κ3) is 4.80. The van der Waals surface area contributed by atoms with E-state index in [9.17, 15) is 9.59 Å². The second-order valence-electron chi connectivity index (χ2n) is 8.50. The Morgan fingerprint density at radius 2 is 1.40 bits per heavy atom. The zero-order valence-corrected chi connectivity index (χ0v) is 20.8. The van der Waals surface area contributed by atoms with Crippen molar-refractivity contribution in [2.24, 2.45) is 5.92 Å². The van der Waals surface area contributed by atoms with Gasteiger partial charge in [0.05, 0.1) is 5.54 Å². The van der Waals surface area contributed by atoms with Gasteiger partial charge >= 0.3 is 0 Å². The van der Waals surface area contributed by atoms with Gasteiger partial charge in [0.2, 0.25) is 0 Å². The molecule has 0 saturated carbocycles. The predicted molar refractivity (Wildman–Crippen MR) is 99.9 cm³/mol. The van der Waals surface area contributed by atoms with Crippen LogP contribution in [-0.4, -0.2) is 58.6 Å². The molecule has 2 rings (SSSR count). The third-order valence-electron chi connectivity index (χ3n) is 7.14. The van der Waals surface area contributed by atoms with E-state index < -0.39 is 0 Å². The van der Waals surface area contributed by atoms with Gasteiger partial charge in [0.1, 0.15) is 11.6 Å². The first-order valence-electron chi connectivity index (χ1n) is 9.09. The molecule has 5 atom stereocenters. The number of rotatable bonds is 2. The van der Waals surface area contributed by atoms with Gasteiger partial charge in [-0.15, -0.1) is 6.04 Å². The standard InChI is InChI=1S/C10H19NO.C10H18NO.Y/c2*1-7-6-10(4,9(3)12)11(5)8(7)2;/h7-8H,6H2,1-5H3;8H,6H2,1-5H3;/q;-1;. The Kier molecular flexibility index (Phi) is 9.17. The first kappa shape index (κ1) is 25.4. The number of hydrogen-bond donors (Lipinski definition) is 0. The van der Waals surface area contributed by atoms with Crippen LogP contribution < -0.4 is 0 Å². The van der Waals surface area contributed by atoms with Crippen molar-refractivity contribution in [2.45, 2.75) is 91.4 Å². The normalized spacial score (nSPS) is 39.5. The van der Waals surface area contributed by atoms with Crippen LogP contribution in [0, 0.1) is 11.8 Å². The molecule has 5 unspecified atom stereocenters. The molecule has 0 aromatic rings. The van der Waals surface area contributed by atoms with Crippen LogP contribution in [0.15, 0.2) is 0 Å². The Morgan fingerprint density at radius 3 is 1.56 bits per heavy atom. The van der Waals surface area contributed by atoms with E-state index in [2.05, 4.69) is 51.5 Å². The number of likely N-dealkylation sites (N-methyl/N-ethyl adjacent to an activating group) is 2. The summed E-state index contributed by atoms with van der Waals surface area (Å²) in [6.45, 7) is 16.2. The van der Waals surface area contributed by atoms with Gasteiger partial charge in [-0.05, 0) is 61.1 Å². The van der Waals surface area contributed by atoms with E-state index in [1.54, 1.807) is 13.8 Å². The van der Waals surface area contributed by atoms with Crippen molar-refractivity contribution in [3.8, 4) is 0 Å². The summed E-state index contributed by atoms with van der Waals surface area (Å²) in [6.07, 6.45) is 1.92. The molecule has 0 aromatic carbocycles. The van der Waals surface area contributed by atoms with Gasteiger partial charge < -0.3 is 4.90 Å². The van der Waals surface area contributed by atoms with Crippen LogP contribution in [0.5, 0.6) is 0 Å². The fourth-order valence-corrected chi connectivity index (χ4v) is 4.11. The molecule has 0 spiro atoms. The van der Waals surface area contributed by atoms with E-state index in [0.717, 1.165) is 12.8 Å². The Hall–Kier alpha value is 0.364. The molecule has 0 amide bonds. The van der Waals surface area contributed by atoms with E-state index in [1.165, 1.54) is 5.92 Å². The number of nitrogens with zero attached hydrogens (tertiary/aromatic N) is 2. The molecular formula is C20H37N2O2Y-. The number of carbonyl (C=O) groups is 2. The molecule has 2 heterocycles. The van der Waals surface area contributed by atoms with Crippen molar-refractivity contribution in [1.82, 2.24) is 9.80 Å². The molecule has 0 aromatic heterocycles. The molecule has 4 nitrogen and oxygen atoms in total. The molecular weight excluding hydrogens is 389 g/mol. The first-order chi connectivity index (χ1) is 10.8. The molecule has 25 heavy (non-hydrogen) atoms.